The van der Waals surface area contributed by atoms with E-state index < -0.39 is 0 Å². The van der Waals surface area contributed by atoms with Crippen molar-refractivity contribution in [1.82, 2.24) is 0 Å². The fraction of sp³-hybridized carbons (Fsp3) is 0.273. The first kappa shape index (κ1) is 9.01. The highest BCUT2D eigenvalue weighted by atomic mass is 14.5. The topological polar surface area (TPSA) is 26.0 Å². The molecule has 1 aromatic carbocycles. The summed E-state index contributed by atoms with van der Waals surface area (Å²) in [6.45, 7) is 2.77. The summed E-state index contributed by atoms with van der Waals surface area (Å²) in [6.07, 6.45) is 5.11. The van der Waals surface area contributed by atoms with Gasteiger partial charge >= 0.3 is 0 Å². The lowest BCUT2D eigenvalue weighted by Crippen LogP contribution is -1.92. The molecule has 0 radical (unpaired) electrons. The maximum atomic E-state index is 5.36. The SMILES string of the molecule is CCc1cccc(/C=C/CN)c1. The molecule has 0 aliphatic carbocycles. The molecule has 64 valence electrons. The second-order valence-electron chi connectivity index (χ2n) is 2.74. The second kappa shape index (κ2) is 4.73. The zero-order chi connectivity index (χ0) is 8.81. The Balaban J connectivity index is 2.79. The Morgan fingerprint density at radius 1 is 1.42 bits per heavy atom. The van der Waals surface area contributed by atoms with E-state index in [9.17, 15) is 0 Å². The molecule has 0 amide bonds. The summed E-state index contributed by atoms with van der Waals surface area (Å²) in [7, 11) is 0. The molecule has 1 rings (SSSR count). The highest BCUT2D eigenvalue weighted by Gasteiger charge is 1.88. The van der Waals surface area contributed by atoms with Crippen LogP contribution in [0.5, 0.6) is 0 Å². The zero-order valence-electron chi connectivity index (χ0n) is 7.46. The van der Waals surface area contributed by atoms with Gasteiger partial charge in [-0.15, -0.1) is 0 Å². The lowest BCUT2D eigenvalue weighted by atomic mass is 10.1. The molecule has 0 aliphatic heterocycles. The van der Waals surface area contributed by atoms with Gasteiger partial charge in [-0.3, -0.25) is 0 Å². The molecule has 0 bridgehead atoms. The number of hydrogen-bond donors (Lipinski definition) is 1. The van der Waals surface area contributed by atoms with Crippen molar-refractivity contribution in [1.29, 1.82) is 0 Å². The number of benzene rings is 1. The maximum absolute atomic E-state index is 5.36. The first-order valence-electron chi connectivity index (χ1n) is 4.32. The molecule has 0 unspecified atom stereocenters. The van der Waals surface area contributed by atoms with E-state index in [0.29, 0.717) is 6.54 Å². The van der Waals surface area contributed by atoms with Crippen LogP contribution < -0.4 is 5.73 Å². The Labute approximate surface area is 73.9 Å². The highest BCUT2D eigenvalue weighted by Crippen LogP contribution is 2.06. The van der Waals surface area contributed by atoms with Gasteiger partial charge in [0.25, 0.3) is 0 Å². The lowest BCUT2D eigenvalue weighted by molar-refractivity contribution is 1.14. The molecule has 2 N–H and O–H groups in total. The van der Waals surface area contributed by atoms with Crippen LogP contribution in [0.2, 0.25) is 0 Å². The van der Waals surface area contributed by atoms with Crippen molar-refractivity contribution < 1.29 is 0 Å². The van der Waals surface area contributed by atoms with E-state index in [-0.39, 0.29) is 0 Å². The van der Waals surface area contributed by atoms with Crippen LogP contribution in [0.1, 0.15) is 18.1 Å². The zero-order valence-corrected chi connectivity index (χ0v) is 7.46. The molecule has 1 nitrogen and oxygen atoms in total. The third-order valence-corrected chi connectivity index (χ3v) is 1.81. The van der Waals surface area contributed by atoms with Gasteiger partial charge in [-0.1, -0.05) is 43.3 Å². The Kier molecular flexibility index (Phi) is 3.55. The van der Waals surface area contributed by atoms with Crippen LogP contribution in [0, 0.1) is 0 Å². The van der Waals surface area contributed by atoms with E-state index in [4.69, 9.17) is 5.73 Å². The van der Waals surface area contributed by atoms with Gasteiger partial charge < -0.3 is 5.73 Å². The number of hydrogen-bond acceptors (Lipinski definition) is 1. The van der Waals surface area contributed by atoms with Crippen molar-refractivity contribution in [3.63, 3.8) is 0 Å². The number of nitrogens with two attached hydrogens (primary N) is 1. The molecule has 0 atom stereocenters. The van der Waals surface area contributed by atoms with Crippen LogP contribution in [0.4, 0.5) is 0 Å². The summed E-state index contributed by atoms with van der Waals surface area (Å²) in [6, 6.07) is 8.49. The Hall–Kier alpha value is -1.08. The van der Waals surface area contributed by atoms with Gasteiger partial charge in [-0.25, -0.2) is 0 Å². The minimum absolute atomic E-state index is 0.607. The maximum Gasteiger partial charge on any atom is 0.0110 e. The monoisotopic (exact) mass is 161 g/mol. The van der Waals surface area contributed by atoms with E-state index in [2.05, 4.69) is 37.3 Å². The predicted octanol–water partition coefficient (Wildman–Crippen LogP) is 2.22. The molecule has 12 heavy (non-hydrogen) atoms. The van der Waals surface area contributed by atoms with Crippen LogP contribution in [0.3, 0.4) is 0 Å². The standard InChI is InChI=1S/C11H15N/c1-2-10-5-3-6-11(9-10)7-4-8-12/h3-7,9H,2,8,12H2,1H3/b7-4+. The predicted molar refractivity (Wildman–Crippen MR) is 53.9 cm³/mol. The number of aryl methyl sites for hydroxylation is 1. The first-order valence-corrected chi connectivity index (χ1v) is 4.32. The third kappa shape index (κ3) is 2.51. The van der Waals surface area contributed by atoms with Crippen molar-refractivity contribution in [3.8, 4) is 0 Å². The van der Waals surface area contributed by atoms with Gasteiger partial charge in [0.15, 0.2) is 0 Å². The molecule has 0 heterocycles. The van der Waals surface area contributed by atoms with Gasteiger partial charge in [0, 0.05) is 6.54 Å². The largest absolute Gasteiger partial charge is 0.327 e. The quantitative estimate of drug-likeness (QED) is 0.722. The lowest BCUT2D eigenvalue weighted by Gasteiger charge is -1.97. The third-order valence-electron chi connectivity index (χ3n) is 1.81. The normalized spacial score (nSPS) is 10.8. The van der Waals surface area contributed by atoms with Gasteiger partial charge in [-0.2, -0.15) is 0 Å². The molecule has 0 saturated heterocycles. The van der Waals surface area contributed by atoms with Crippen molar-refractivity contribution in [3.05, 3.63) is 41.5 Å². The second-order valence-corrected chi connectivity index (χ2v) is 2.74. The summed E-state index contributed by atoms with van der Waals surface area (Å²) in [4.78, 5) is 0. The van der Waals surface area contributed by atoms with Crippen LogP contribution in [-0.4, -0.2) is 6.54 Å². The van der Waals surface area contributed by atoms with Gasteiger partial charge in [0.05, 0.1) is 0 Å². The molecule has 1 heteroatoms. The average Bonchev–Trinajstić information content (AvgIpc) is 2.15. The van der Waals surface area contributed by atoms with Crippen LogP contribution in [-0.2, 0) is 6.42 Å². The summed E-state index contributed by atoms with van der Waals surface area (Å²) < 4.78 is 0. The van der Waals surface area contributed by atoms with Gasteiger partial charge in [0.1, 0.15) is 0 Å². The average molecular weight is 161 g/mol. The summed E-state index contributed by atoms with van der Waals surface area (Å²) >= 11 is 0. The van der Waals surface area contributed by atoms with E-state index >= 15 is 0 Å². The van der Waals surface area contributed by atoms with Crippen LogP contribution in [0.25, 0.3) is 6.08 Å². The minimum Gasteiger partial charge on any atom is -0.327 e. The van der Waals surface area contributed by atoms with Crippen LogP contribution in [0.15, 0.2) is 30.3 Å². The molecule has 0 fully saturated rings. The fourth-order valence-electron chi connectivity index (χ4n) is 1.12. The van der Waals surface area contributed by atoms with E-state index in [1.165, 1.54) is 11.1 Å². The Bertz CT molecular complexity index is 263. The van der Waals surface area contributed by atoms with E-state index in [1.807, 2.05) is 6.08 Å². The summed E-state index contributed by atoms with van der Waals surface area (Å²) in [5, 5.41) is 0. The number of rotatable bonds is 3. The molecule has 0 saturated carbocycles. The van der Waals surface area contributed by atoms with Gasteiger partial charge in [0.2, 0.25) is 0 Å². The minimum atomic E-state index is 0.607. The summed E-state index contributed by atoms with van der Waals surface area (Å²) in [5.41, 5.74) is 7.97. The van der Waals surface area contributed by atoms with Gasteiger partial charge in [-0.05, 0) is 17.5 Å². The summed E-state index contributed by atoms with van der Waals surface area (Å²) in [5.74, 6) is 0. The van der Waals surface area contributed by atoms with E-state index in [1.54, 1.807) is 0 Å². The van der Waals surface area contributed by atoms with Crippen molar-refractivity contribution in [2.24, 2.45) is 5.73 Å². The molecule has 0 spiro atoms. The fourth-order valence-corrected chi connectivity index (χ4v) is 1.12. The van der Waals surface area contributed by atoms with E-state index in [0.717, 1.165) is 6.42 Å². The molecular formula is C11H15N. The molecule has 0 aromatic heterocycles. The van der Waals surface area contributed by atoms with Crippen LogP contribution >= 0.6 is 0 Å². The highest BCUT2D eigenvalue weighted by molar-refractivity contribution is 5.50. The van der Waals surface area contributed by atoms with Crippen molar-refractivity contribution in [2.75, 3.05) is 6.54 Å². The Morgan fingerprint density at radius 2 is 2.25 bits per heavy atom. The van der Waals surface area contributed by atoms with Crippen molar-refractivity contribution >= 4 is 6.08 Å². The molecular weight excluding hydrogens is 146 g/mol. The molecule has 0 aliphatic rings. The van der Waals surface area contributed by atoms with Crippen molar-refractivity contribution in [2.45, 2.75) is 13.3 Å². The first-order chi connectivity index (χ1) is 5.86. The smallest absolute Gasteiger partial charge is 0.0110 e. The molecule has 1 aromatic rings. The Morgan fingerprint density at radius 3 is 2.92 bits per heavy atom.